The molecule has 3 saturated heterocycles. The number of carbonyl (C=O) groups is 3. The highest BCUT2D eigenvalue weighted by molar-refractivity contribution is 6.03. The maximum atomic E-state index is 13.6. The quantitative estimate of drug-likeness (QED) is 0.474. The molecule has 1 spiro atoms. The van der Waals surface area contributed by atoms with Crippen LogP contribution in [0.2, 0.25) is 0 Å². The van der Waals surface area contributed by atoms with Crippen molar-refractivity contribution in [2.75, 3.05) is 43.0 Å². The lowest BCUT2D eigenvalue weighted by atomic mass is 9.70. The highest BCUT2D eigenvalue weighted by Gasteiger charge is 2.74. The van der Waals surface area contributed by atoms with Crippen molar-refractivity contribution in [3.05, 3.63) is 24.3 Å². The van der Waals surface area contributed by atoms with Gasteiger partial charge in [0.2, 0.25) is 17.7 Å². The number of aliphatic hydroxyl groups is 1. The molecule has 3 fully saturated rings. The second-order valence-electron chi connectivity index (χ2n) is 9.31. The lowest BCUT2D eigenvalue weighted by Crippen LogP contribution is -2.53. The lowest BCUT2D eigenvalue weighted by Gasteiger charge is -2.33. The molecule has 186 valence electrons. The van der Waals surface area contributed by atoms with Crippen LogP contribution in [0.25, 0.3) is 0 Å². The number of anilines is 2. The van der Waals surface area contributed by atoms with Gasteiger partial charge in [0, 0.05) is 37.6 Å². The smallest absolute Gasteiger partial charge is 0.250 e. The summed E-state index contributed by atoms with van der Waals surface area (Å²) in [5.41, 5.74) is 0.649. The predicted octanol–water partition coefficient (Wildman–Crippen LogP) is 1.36. The molecule has 3 heterocycles. The molecule has 1 aromatic carbocycles. The summed E-state index contributed by atoms with van der Waals surface area (Å²) in [7, 11) is 0. The Labute approximate surface area is 200 Å². The molecule has 4 rings (SSSR count). The second-order valence-corrected chi connectivity index (χ2v) is 9.31. The number of nitrogens with zero attached hydrogens (tertiary/aromatic N) is 2. The van der Waals surface area contributed by atoms with Crippen molar-refractivity contribution in [2.45, 2.75) is 57.8 Å². The van der Waals surface area contributed by atoms with Gasteiger partial charge in [0.1, 0.15) is 11.6 Å². The minimum absolute atomic E-state index is 0.0212. The van der Waals surface area contributed by atoms with Gasteiger partial charge in [0.05, 0.1) is 24.5 Å². The van der Waals surface area contributed by atoms with Crippen LogP contribution in [0.1, 0.15) is 40.0 Å². The van der Waals surface area contributed by atoms with Gasteiger partial charge in [-0.05, 0) is 57.4 Å². The van der Waals surface area contributed by atoms with Crippen molar-refractivity contribution in [2.24, 2.45) is 11.8 Å². The third-order valence-electron chi connectivity index (χ3n) is 7.50. The van der Waals surface area contributed by atoms with Crippen LogP contribution in [-0.2, 0) is 19.1 Å². The molecule has 0 radical (unpaired) electrons. The molecule has 0 aromatic heterocycles. The number of benzene rings is 1. The summed E-state index contributed by atoms with van der Waals surface area (Å²) < 4.78 is 6.32. The Morgan fingerprint density at radius 1 is 1.18 bits per heavy atom. The molecule has 9 heteroatoms. The van der Waals surface area contributed by atoms with Crippen LogP contribution in [0.15, 0.2) is 24.3 Å². The summed E-state index contributed by atoms with van der Waals surface area (Å²) in [6.45, 7) is 8.21. The summed E-state index contributed by atoms with van der Waals surface area (Å²) >= 11 is 0. The first-order valence-electron chi connectivity index (χ1n) is 12.4. The normalized spacial score (nSPS) is 29.3. The minimum atomic E-state index is -1.05. The predicted molar refractivity (Wildman–Crippen MR) is 128 cm³/mol. The molecule has 34 heavy (non-hydrogen) atoms. The van der Waals surface area contributed by atoms with E-state index in [-0.39, 0.29) is 37.0 Å². The number of fused-ring (bicyclic) bond motifs is 1. The maximum Gasteiger partial charge on any atom is 0.250 e. The van der Waals surface area contributed by atoms with E-state index in [0.29, 0.717) is 25.1 Å². The van der Waals surface area contributed by atoms with E-state index in [9.17, 15) is 19.5 Å². The van der Waals surface area contributed by atoms with Crippen molar-refractivity contribution >= 4 is 29.1 Å². The summed E-state index contributed by atoms with van der Waals surface area (Å²) in [4.78, 5) is 43.6. The Kier molecular flexibility index (Phi) is 7.14. The number of aliphatic hydroxyl groups excluding tert-OH is 1. The van der Waals surface area contributed by atoms with Gasteiger partial charge >= 0.3 is 0 Å². The van der Waals surface area contributed by atoms with Gasteiger partial charge in [0.25, 0.3) is 0 Å². The second kappa shape index (κ2) is 9.92. The molecule has 5 atom stereocenters. The van der Waals surface area contributed by atoms with Crippen LogP contribution < -0.4 is 15.5 Å². The number of hydrogen-bond donors (Lipinski definition) is 3. The Hall–Kier alpha value is -2.65. The molecule has 1 aromatic rings. The zero-order chi connectivity index (χ0) is 24.5. The van der Waals surface area contributed by atoms with Crippen molar-refractivity contribution in [1.82, 2.24) is 10.2 Å². The van der Waals surface area contributed by atoms with Crippen molar-refractivity contribution in [1.29, 1.82) is 0 Å². The first kappa shape index (κ1) is 24.5. The number of β-amino-alcohol motifs (C(OH)–C–C–N with tert-alkyl or cyclic N) is 1. The topological polar surface area (TPSA) is 111 Å². The minimum Gasteiger partial charge on any atom is -0.395 e. The molecule has 3 N–H and O–H groups in total. The first-order chi connectivity index (χ1) is 16.4. The van der Waals surface area contributed by atoms with Crippen molar-refractivity contribution in [3.8, 4) is 0 Å². The molecule has 0 aliphatic carbocycles. The standard InChI is InChI=1S/C25H36N4O5/c1-4-13-26-22(31)19-18-11-12-25(34-18)20(19)24(33)29(14-15-30)21(25)23(32)27-16-7-9-17(10-8-16)28(5-2)6-3/h7-10,18-21,30H,4-6,11-15H2,1-3H3,(H,26,31)(H,27,32)/t18-,19+,20-,21?,25?/m0/s1. The molecule has 9 nitrogen and oxygen atoms in total. The van der Waals surface area contributed by atoms with Gasteiger partial charge in [-0.15, -0.1) is 0 Å². The van der Waals surface area contributed by atoms with Gasteiger partial charge in [-0.3, -0.25) is 14.4 Å². The molecule has 0 saturated carbocycles. The van der Waals surface area contributed by atoms with E-state index in [2.05, 4.69) is 29.4 Å². The number of hydrogen-bond acceptors (Lipinski definition) is 6. The average molecular weight is 473 g/mol. The molecule has 3 aliphatic heterocycles. The van der Waals surface area contributed by atoms with Gasteiger partial charge in [-0.2, -0.15) is 0 Å². The highest BCUT2D eigenvalue weighted by atomic mass is 16.5. The van der Waals surface area contributed by atoms with Crippen LogP contribution >= 0.6 is 0 Å². The zero-order valence-corrected chi connectivity index (χ0v) is 20.3. The fourth-order valence-electron chi connectivity index (χ4n) is 6.02. The molecular weight excluding hydrogens is 436 g/mol. The van der Waals surface area contributed by atoms with Crippen molar-refractivity contribution in [3.63, 3.8) is 0 Å². The fourth-order valence-corrected chi connectivity index (χ4v) is 6.02. The average Bonchev–Trinajstić information content (AvgIpc) is 3.47. The van der Waals surface area contributed by atoms with Crippen LogP contribution in [-0.4, -0.2) is 78.3 Å². The van der Waals surface area contributed by atoms with E-state index in [0.717, 1.165) is 25.2 Å². The van der Waals surface area contributed by atoms with E-state index in [4.69, 9.17) is 4.74 Å². The van der Waals surface area contributed by atoms with E-state index in [1.165, 1.54) is 4.90 Å². The van der Waals surface area contributed by atoms with E-state index in [1.807, 2.05) is 31.2 Å². The maximum absolute atomic E-state index is 13.6. The Morgan fingerprint density at radius 2 is 1.88 bits per heavy atom. The molecular formula is C25H36N4O5. The molecule has 2 bridgehead atoms. The third kappa shape index (κ3) is 3.94. The van der Waals surface area contributed by atoms with Crippen LogP contribution in [0.4, 0.5) is 11.4 Å². The fraction of sp³-hybridized carbons (Fsp3) is 0.640. The van der Waals surface area contributed by atoms with E-state index in [1.54, 1.807) is 0 Å². The highest BCUT2D eigenvalue weighted by Crippen LogP contribution is 2.58. The number of carbonyl (C=O) groups excluding carboxylic acids is 3. The number of amides is 3. The van der Waals surface area contributed by atoms with E-state index >= 15 is 0 Å². The summed E-state index contributed by atoms with van der Waals surface area (Å²) in [6.07, 6.45) is 1.59. The number of likely N-dealkylation sites (tertiary alicyclic amines) is 1. The summed E-state index contributed by atoms with van der Waals surface area (Å²) in [6, 6.07) is 6.72. The number of ether oxygens (including phenoxy) is 1. The largest absolute Gasteiger partial charge is 0.395 e. The van der Waals surface area contributed by atoms with Crippen molar-refractivity contribution < 1.29 is 24.2 Å². The summed E-state index contributed by atoms with van der Waals surface area (Å²) in [5.74, 6) is -2.15. The first-order valence-corrected chi connectivity index (χ1v) is 12.4. The number of nitrogens with one attached hydrogen (secondary N) is 2. The molecule has 3 aliphatic rings. The number of rotatable bonds is 10. The van der Waals surface area contributed by atoms with Crippen LogP contribution in [0.5, 0.6) is 0 Å². The monoisotopic (exact) mass is 472 g/mol. The van der Waals surface area contributed by atoms with Gasteiger partial charge in [-0.25, -0.2) is 0 Å². The Balaban J connectivity index is 1.58. The third-order valence-corrected chi connectivity index (χ3v) is 7.50. The molecule has 3 amide bonds. The Morgan fingerprint density at radius 3 is 2.50 bits per heavy atom. The van der Waals surface area contributed by atoms with Gasteiger partial charge in [-0.1, -0.05) is 6.92 Å². The SMILES string of the molecule is CCCNC(=O)[C@@H]1[C@@H]2CCC3(O2)C(C(=O)Nc2ccc(N(CC)CC)cc2)N(CCO)C(=O)[C@H]13. The van der Waals surface area contributed by atoms with Crippen LogP contribution in [0, 0.1) is 11.8 Å². The van der Waals surface area contributed by atoms with Gasteiger partial charge in [0.15, 0.2) is 0 Å². The summed E-state index contributed by atoms with van der Waals surface area (Å²) in [5, 5.41) is 15.5. The zero-order valence-electron chi connectivity index (χ0n) is 20.3. The van der Waals surface area contributed by atoms with E-state index < -0.39 is 23.5 Å². The molecule has 2 unspecified atom stereocenters. The van der Waals surface area contributed by atoms with Crippen LogP contribution in [0.3, 0.4) is 0 Å². The Bertz CT molecular complexity index is 918. The lowest BCUT2D eigenvalue weighted by molar-refractivity contribution is -0.141. The van der Waals surface area contributed by atoms with Gasteiger partial charge < -0.3 is 30.3 Å².